The summed E-state index contributed by atoms with van der Waals surface area (Å²) in [4.78, 5) is 27.6. The summed E-state index contributed by atoms with van der Waals surface area (Å²) in [7, 11) is 1.81. The van der Waals surface area contributed by atoms with Crippen molar-refractivity contribution in [1.82, 2.24) is 4.57 Å². The number of nitrogens with zero attached hydrogens (tertiary/aromatic N) is 3. The molecule has 3 rings (SSSR count). The van der Waals surface area contributed by atoms with Gasteiger partial charge < -0.3 is 4.57 Å². The van der Waals surface area contributed by atoms with E-state index in [4.69, 9.17) is 11.6 Å². The van der Waals surface area contributed by atoms with Crippen molar-refractivity contribution in [2.45, 2.75) is 13.3 Å². The molecule has 0 N–H and O–H groups in total. The Balaban J connectivity index is 2.14. The number of nitro benzene ring substituents is 1. The van der Waals surface area contributed by atoms with E-state index in [-0.39, 0.29) is 16.3 Å². The van der Waals surface area contributed by atoms with Crippen molar-refractivity contribution in [3.05, 3.63) is 67.5 Å². The number of aryl methyl sites for hydroxylation is 2. The van der Waals surface area contributed by atoms with Gasteiger partial charge in [-0.05, 0) is 36.2 Å². The molecule has 25 heavy (non-hydrogen) atoms. The van der Waals surface area contributed by atoms with E-state index in [9.17, 15) is 14.9 Å². The minimum Gasteiger partial charge on any atom is -0.319 e. The maximum absolute atomic E-state index is 12.5. The highest BCUT2D eigenvalue weighted by Gasteiger charge is 2.20. The Kier molecular flexibility index (Phi) is 4.69. The fourth-order valence-corrected chi connectivity index (χ4v) is 3.74. The molecule has 0 bridgehead atoms. The fourth-order valence-electron chi connectivity index (χ4n) is 2.49. The first-order valence-corrected chi connectivity index (χ1v) is 8.71. The third kappa shape index (κ3) is 3.33. The van der Waals surface area contributed by atoms with Crippen LogP contribution in [0.1, 0.15) is 22.8 Å². The molecule has 1 aromatic heterocycles. The van der Waals surface area contributed by atoms with E-state index >= 15 is 0 Å². The molecule has 8 heteroatoms. The number of carbonyl (C=O) groups excluding carboxylic acids is 1. The van der Waals surface area contributed by atoms with Crippen LogP contribution >= 0.6 is 22.9 Å². The van der Waals surface area contributed by atoms with Crippen molar-refractivity contribution >= 4 is 44.7 Å². The maximum Gasteiger partial charge on any atom is 0.286 e. The molecule has 0 saturated heterocycles. The van der Waals surface area contributed by atoms with Gasteiger partial charge in [0.2, 0.25) is 0 Å². The lowest BCUT2D eigenvalue weighted by atomic mass is 10.1. The van der Waals surface area contributed by atoms with Gasteiger partial charge in [-0.15, -0.1) is 0 Å². The molecule has 1 heterocycles. The number of benzene rings is 2. The Bertz CT molecular complexity index is 1070. The molecule has 6 nitrogen and oxygen atoms in total. The van der Waals surface area contributed by atoms with Crippen LogP contribution < -0.4 is 4.80 Å². The summed E-state index contributed by atoms with van der Waals surface area (Å²) >= 11 is 7.25. The van der Waals surface area contributed by atoms with Gasteiger partial charge >= 0.3 is 0 Å². The van der Waals surface area contributed by atoms with Crippen LogP contribution in [0, 0.1) is 10.1 Å². The van der Waals surface area contributed by atoms with Gasteiger partial charge in [0.15, 0.2) is 4.80 Å². The first-order chi connectivity index (χ1) is 11.9. The highest BCUT2D eigenvalue weighted by atomic mass is 35.5. The van der Waals surface area contributed by atoms with Gasteiger partial charge in [0.1, 0.15) is 5.56 Å². The number of halogens is 1. The second kappa shape index (κ2) is 6.78. The van der Waals surface area contributed by atoms with Gasteiger partial charge in [0.25, 0.3) is 11.6 Å². The number of nitro groups is 1. The first-order valence-electron chi connectivity index (χ1n) is 7.52. The van der Waals surface area contributed by atoms with Crippen molar-refractivity contribution in [2.75, 3.05) is 0 Å². The molecule has 0 saturated carbocycles. The average molecular weight is 376 g/mol. The summed E-state index contributed by atoms with van der Waals surface area (Å²) in [6.07, 6.45) is 0.914. The molecule has 0 aliphatic rings. The smallest absolute Gasteiger partial charge is 0.286 e. The van der Waals surface area contributed by atoms with Crippen LogP contribution in [-0.4, -0.2) is 15.4 Å². The molecule has 3 aromatic rings. The van der Waals surface area contributed by atoms with Gasteiger partial charge in [-0.2, -0.15) is 4.99 Å². The predicted molar refractivity (Wildman–Crippen MR) is 98.2 cm³/mol. The normalized spacial score (nSPS) is 11.9. The molecule has 0 fully saturated rings. The van der Waals surface area contributed by atoms with Crippen LogP contribution in [0.4, 0.5) is 5.69 Å². The lowest BCUT2D eigenvalue weighted by molar-refractivity contribution is -0.385. The molecular formula is C17H14ClN3O3S. The van der Waals surface area contributed by atoms with Crippen LogP contribution in [0.3, 0.4) is 0 Å². The third-order valence-corrected chi connectivity index (χ3v) is 5.19. The van der Waals surface area contributed by atoms with E-state index in [1.807, 2.05) is 19.2 Å². The number of fused-ring (bicyclic) bond motifs is 1. The molecule has 128 valence electrons. The van der Waals surface area contributed by atoms with Crippen LogP contribution in [0.15, 0.2) is 41.4 Å². The van der Waals surface area contributed by atoms with E-state index in [0.717, 1.165) is 16.6 Å². The summed E-state index contributed by atoms with van der Waals surface area (Å²) in [5.41, 5.74) is 1.71. The lowest BCUT2D eigenvalue weighted by Gasteiger charge is -2.00. The molecular weight excluding hydrogens is 362 g/mol. The van der Waals surface area contributed by atoms with Crippen molar-refractivity contribution in [3.63, 3.8) is 0 Å². The monoisotopic (exact) mass is 375 g/mol. The third-order valence-electron chi connectivity index (χ3n) is 3.86. The second-order valence-corrected chi connectivity index (χ2v) is 6.88. The number of rotatable bonds is 3. The lowest BCUT2D eigenvalue weighted by Crippen LogP contribution is -2.14. The molecule has 0 aliphatic heterocycles. The number of hydrogen-bond acceptors (Lipinski definition) is 4. The van der Waals surface area contributed by atoms with Crippen molar-refractivity contribution < 1.29 is 9.72 Å². The minimum atomic E-state index is -0.688. The van der Waals surface area contributed by atoms with Crippen molar-refractivity contribution in [3.8, 4) is 0 Å². The number of thiazole rings is 1. The van der Waals surface area contributed by atoms with E-state index < -0.39 is 10.8 Å². The Morgan fingerprint density at radius 1 is 1.32 bits per heavy atom. The SMILES string of the molecule is CCc1ccc2c(c1)sc(=NC(=O)c1cc(Cl)ccc1[N+](=O)[O-])n2C. The van der Waals surface area contributed by atoms with Gasteiger partial charge in [-0.3, -0.25) is 14.9 Å². The van der Waals surface area contributed by atoms with Crippen molar-refractivity contribution in [1.29, 1.82) is 0 Å². The summed E-state index contributed by atoms with van der Waals surface area (Å²) < 4.78 is 2.81. The van der Waals surface area contributed by atoms with Crippen LogP contribution in [-0.2, 0) is 13.5 Å². The van der Waals surface area contributed by atoms with Gasteiger partial charge in [0.05, 0.1) is 15.1 Å². The summed E-state index contributed by atoms with van der Waals surface area (Å²) in [5, 5.41) is 11.4. The van der Waals surface area contributed by atoms with Gasteiger partial charge in [-0.1, -0.05) is 35.9 Å². The molecule has 0 spiro atoms. The Hall–Kier alpha value is -2.51. The fraction of sp³-hybridized carbons (Fsp3) is 0.176. The quantitative estimate of drug-likeness (QED) is 0.510. The van der Waals surface area contributed by atoms with Crippen molar-refractivity contribution in [2.24, 2.45) is 12.0 Å². The number of amides is 1. The number of hydrogen-bond donors (Lipinski definition) is 0. The first kappa shape index (κ1) is 17.3. The zero-order valence-corrected chi connectivity index (χ0v) is 15.1. The van der Waals surface area contributed by atoms with Crippen LogP contribution in [0.5, 0.6) is 0 Å². The largest absolute Gasteiger partial charge is 0.319 e. The van der Waals surface area contributed by atoms with E-state index in [1.54, 1.807) is 4.57 Å². The Morgan fingerprint density at radius 2 is 2.08 bits per heavy atom. The van der Waals surface area contributed by atoms with Crippen LogP contribution in [0.25, 0.3) is 10.2 Å². The van der Waals surface area contributed by atoms with Gasteiger partial charge in [0, 0.05) is 18.1 Å². The van der Waals surface area contributed by atoms with E-state index in [1.165, 1.54) is 35.1 Å². The molecule has 2 aromatic carbocycles. The highest BCUT2D eigenvalue weighted by Crippen LogP contribution is 2.24. The molecule has 0 radical (unpaired) electrons. The van der Waals surface area contributed by atoms with E-state index in [2.05, 4.69) is 18.0 Å². The standard InChI is InChI=1S/C17H14ClN3O3S/c1-3-10-4-6-14-15(8-10)25-17(20(14)2)19-16(22)12-9-11(18)5-7-13(12)21(23)24/h4-9H,3H2,1-2H3. The Morgan fingerprint density at radius 3 is 2.76 bits per heavy atom. The zero-order valence-electron chi connectivity index (χ0n) is 13.5. The predicted octanol–water partition coefficient (Wildman–Crippen LogP) is 4.10. The average Bonchev–Trinajstić information content (AvgIpc) is 2.89. The maximum atomic E-state index is 12.5. The molecule has 0 unspecified atom stereocenters. The number of aromatic nitrogens is 1. The highest BCUT2D eigenvalue weighted by molar-refractivity contribution is 7.16. The Labute approximate surface area is 152 Å². The summed E-state index contributed by atoms with van der Waals surface area (Å²) in [6.45, 7) is 2.07. The van der Waals surface area contributed by atoms with Gasteiger partial charge in [-0.25, -0.2) is 0 Å². The molecule has 1 amide bonds. The minimum absolute atomic E-state index is 0.121. The summed E-state index contributed by atoms with van der Waals surface area (Å²) in [6, 6.07) is 9.93. The molecule has 0 atom stereocenters. The van der Waals surface area contributed by atoms with Crippen LogP contribution in [0.2, 0.25) is 5.02 Å². The topological polar surface area (TPSA) is 77.5 Å². The molecule has 0 aliphatic carbocycles. The second-order valence-electron chi connectivity index (χ2n) is 5.43. The summed E-state index contributed by atoms with van der Waals surface area (Å²) in [5.74, 6) is -0.688. The zero-order chi connectivity index (χ0) is 18.1. The van der Waals surface area contributed by atoms with E-state index in [0.29, 0.717) is 4.80 Å². The number of carbonyl (C=O) groups is 1.